The summed E-state index contributed by atoms with van der Waals surface area (Å²) in [5.74, 6) is 0.413. The molecule has 3 rings (SSSR count). The van der Waals surface area contributed by atoms with Gasteiger partial charge in [-0.3, -0.25) is 9.69 Å². The number of amides is 3. The monoisotopic (exact) mass is 408 g/mol. The van der Waals surface area contributed by atoms with Gasteiger partial charge in [-0.15, -0.1) is 0 Å². The lowest BCUT2D eigenvalue weighted by Gasteiger charge is -2.35. The number of hydrogen-bond donors (Lipinski definition) is 2. The molecule has 0 fully saturated rings. The number of carbonyl (C=O) groups excluding carboxylic acids is 2. The van der Waals surface area contributed by atoms with E-state index in [9.17, 15) is 9.59 Å². The summed E-state index contributed by atoms with van der Waals surface area (Å²) in [6, 6.07) is 5.50. The van der Waals surface area contributed by atoms with E-state index in [4.69, 9.17) is 27.7 Å². The van der Waals surface area contributed by atoms with Gasteiger partial charge >= 0.3 is 6.03 Å². The van der Waals surface area contributed by atoms with Crippen LogP contribution in [-0.4, -0.2) is 28.5 Å². The lowest BCUT2D eigenvalue weighted by atomic mass is 9.94. The normalized spacial score (nSPS) is 17.1. The average molecular weight is 409 g/mol. The van der Waals surface area contributed by atoms with E-state index in [-0.39, 0.29) is 11.8 Å². The molecular weight excluding hydrogens is 391 g/mol. The first-order valence-electron chi connectivity index (χ1n) is 8.30. The molecule has 0 bridgehead atoms. The molecule has 3 amide bonds. The summed E-state index contributed by atoms with van der Waals surface area (Å²) in [4.78, 5) is 27.0. The van der Waals surface area contributed by atoms with Crippen LogP contribution in [-0.2, 0) is 4.79 Å². The minimum absolute atomic E-state index is 0.279. The maximum absolute atomic E-state index is 13.0. The quantitative estimate of drug-likeness (QED) is 0.789. The summed E-state index contributed by atoms with van der Waals surface area (Å²) in [6.07, 6.45) is 0. The van der Waals surface area contributed by atoms with E-state index in [0.29, 0.717) is 39.2 Å². The SMILES string of the molecule is CCN1C(=O)N[C@H](c2c(Cl)cccc2Cl)C(C(=O)Nc2cc(C)on2)=C1C. The van der Waals surface area contributed by atoms with Crippen LogP contribution in [0.1, 0.15) is 31.2 Å². The summed E-state index contributed by atoms with van der Waals surface area (Å²) in [7, 11) is 0. The Morgan fingerprint density at radius 1 is 1.33 bits per heavy atom. The molecule has 1 aliphatic heterocycles. The van der Waals surface area contributed by atoms with Crippen LogP contribution in [0.4, 0.5) is 10.6 Å². The fraction of sp³-hybridized carbons (Fsp3) is 0.278. The number of rotatable bonds is 4. The van der Waals surface area contributed by atoms with Crippen molar-refractivity contribution < 1.29 is 14.1 Å². The predicted octanol–water partition coefficient (Wildman–Crippen LogP) is 4.29. The maximum atomic E-state index is 13.0. The minimum Gasteiger partial charge on any atom is -0.360 e. The van der Waals surface area contributed by atoms with Gasteiger partial charge in [0.2, 0.25) is 0 Å². The Balaban J connectivity index is 2.09. The number of aromatic nitrogens is 1. The molecule has 7 nitrogen and oxygen atoms in total. The van der Waals surface area contributed by atoms with Gasteiger partial charge in [0.15, 0.2) is 5.82 Å². The number of urea groups is 1. The van der Waals surface area contributed by atoms with Crippen molar-refractivity contribution in [3.63, 3.8) is 0 Å². The molecule has 0 unspecified atom stereocenters. The molecular formula is C18H18Cl2N4O3. The highest BCUT2D eigenvalue weighted by atomic mass is 35.5. The Hall–Kier alpha value is -2.51. The molecule has 0 saturated carbocycles. The molecule has 2 heterocycles. The molecule has 27 heavy (non-hydrogen) atoms. The topological polar surface area (TPSA) is 87.5 Å². The number of anilines is 1. The largest absolute Gasteiger partial charge is 0.360 e. The van der Waals surface area contributed by atoms with E-state index in [1.165, 1.54) is 4.90 Å². The zero-order valence-corrected chi connectivity index (χ0v) is 16.5. The van der Waals surface area contributed by atoms with Crippen LogP contribution >= 0.6 is 23.2 Å². The van der Waals surface area contributed by atoms with Gasteiger partial charge in [0.25, 0.3) is 5.91 Å². The van der Waals surface area contributed by atoms with Crippen molar-refractivity contribution in [3.05, 3.63) is 56.9 Å². The third-order valence-corrected chi connectivity index (χ3v) is 4.97. The molecule has 142 valence electrons. The van der Waals surface area contributed by atoms with Gasteiger partial charge in [-0.1, -0.05) is 34.4 Å². The summed E-state index contributed by atoms with van der Waals surface area (Å²) in [5.41, 5.74) is 1.30. The number of carbonyl (C=O) groups is 2. The molecule has 2 N–H and O–H groups in total. The van der Waals surface area contributed by atoms with Gasteiger partial charge in [-0.05, 0) is 32.9 Å². The Morgan fingerprint density at radius 2 is 2.00 bits per heavy atom. The number of nitrogens with zero attached hydrogens (tertiary/aromatic N) is 2. The molecule has 0 radical (unpaired) electrons. The van der Waals surface area contributed by atoms with Crippen LogP contribution in [0.2, 0.25) is 10.0 Å². The van der Waals surface area contributed by atoms with Gasteiger partial charge in [0, 0.05) is 33.9 Å². The van der Waals surface area contributed by atoms with Crippen molar-refractivity contribution in [2.45, 2.75) is 26.8 Å². The third-order valence-electron chi connectivity index (χ3n) is 4.32. The van der Waals surface area contributed by atoms with Gasteiger partial charge in [0.05, 0.1) is 11.6 Å². The lowest BCUT2D eigenvalue weighted by Crippen LogP contribution is -2.48. The summed E-state index contributed by atoms with van der Waals surface area (Å²) in [6.45, 7) is 5.66. The Morgan fingerprint density at radius 3 is 2.56 bits per heavy atom. The summed E-state index contributed by atoms with van der Waals surface area (Å²) in [5, 5.41) is 10.0. The summed E-state index contributed by atoms with van der Waals surface area (Å²) < 4.78 is 4.99. The first-order valence-corrected chi connectivity index (χ1v) is 9.06. The fourth-order valence-electron chi connectivity index (χ4n) is 3.07. The Kier molecular flexibility index (Phi) is 5.43. The standard InChI is InChI=1S/C18H18Cl2N4O3/c1-4-24-10(3)14(17(25)21-13-8-9(2)27-23-13)16(22-18(24)26)15-11(19)6-5-7-12(15)20/h5-8,16H,4H2,1-3H3,(H,22,26)(H,21,23,25)/t16-/m0/s1. The van der Waals surface area contributed by atoms with Crippen LogP contribution in [0.15, 0.2) is 40.1 Å². The molecule has 1 aliphatic rings. The number of benzene rings is 1. The Bertz CT molecular complexity index is 918. The second-order valence-corrected chi connectivity index (χ2v) is 6.85. The smallest absolute Gasteiger partial charge is 0.322 e. The number of aryl methyl sites for hydroxylation is 1. The van der Waals surface area contributed by atoms with Crippen LogP contribution in [0.5, 0.6) is 0 Å². The van der Waals surface area contributed by atoms with Crippen molar-refractivity contribution >= 4 is 41.0 Å². The molecule has 1 atom stereocenters. The van der Waals surface area contributed by atoms with E-state index in [0.717, 1.165) is 0 Å². The van der Waals surface area contributed by atoms with E-state index >= 15 is 0 Å². The molecule has 0 spiro atoms. The third kappa shape index (κ3) is 3.65. The van der Waals surface area contributed by atoms with E-state index in [1.807, 2.05) is 6.92 Å². The second-order valence-electron chi connectivity index (χ2n) is 6.04. The van der Waals surface area contributed by atoms with Crippen LogP contribution in [0, 0.1) is 6.92 Å². The van der Waals surface area contributed by atoms with Crippen molar-refractivity contribution in [1.82, 2.24) is 15.4 Å². The van der Waals surface area contributed by atoms with Gasteiger partial charge in [0.1, 0.15) is 5.76 Å². The summed E-state index contributed by atoms with van der Waals surface area (Å²) >= 11 is 12.7. The number of nitrogens with one attached hydrogen (secondary N) is 2. The molecule has 0 saturated heterocycles. The highest BCUT2D eigenvalue weighted by Gasteiger charge is 2.37. The fourth-order valence-corrected chi connectivity index (χ4v) is 3.68. The van der Waals surface area contributed by atoms with Crippen LogP contribution in [0.3, 0.4) is 0 Å². The number of hydrogen-bond acceptors (Lipinski definition) is 4. The first-order chi connectivity index (χ1) is 12.8. The van der Waals surface area contributed by atoms with E-state index < -0.39 is 11.9 Å². The van der Waals surface area contributed by atoms with E-state index in [1.54, 1.807) is 38.1 Å². The Labute approximate surface area is 166 Å². The molecule has 2 aromatic rings. The highest BCUT2D eigenvalue weighted by Crippen LogP contribution is 2.38. The van der Waals surface area contributed by atoms with Crippen molar-refractivity contribution in [2.75, 3.05) is 11.9 Å². The molecule has 1 aromatic carbocycles. The maximum Gasteiger partial charge on any atom is 0.322 e. The number of allylic oxidation sites excluding steroid dienone is 1. The van der Waals surface area contributed by atoms with Crippen molar-refractivity contribution in [1.29, 1.82) is 0 Å². The second kappa shape index (κ2) is 7.62. The van der Waals surface area contributed by atoms with Gasteiger partial charge in [-0.2, -0.15) is 0 Å². The first kappa shape index (κ1) is 19.3. The predicted molar refractivity (Wildman–Crippen MR) is 103 cm³/mol. The van der Waals surface area contributed by atoms with Crippen LogP contribution in [0.25, 0.3) is 0 Å². The van der Waals surface area contributed by atoms with Gasteiger partial charge < -0.3 is 15.2 Å². The van der Waals surface area contributed by atoms with Gasteiger partial charge in [-0.25, -0.2) is 4.79 Å². The lowest BCUT2D eigenvalue weighted by molar-refractivity contribution is -0.113. The van der Waals surface area contributed by atoms with E-state index in [2.05, 4.69) is 15.8 Å². The molecule has 9 heteroatoms. The van der Waals surface area contributed by atoms with Crippen LogP contribution < -0.4 is 10.6 Å². The zero-order valence-electron chi connectivity index (χ0n) is 15.0. The number of halogens is 2. The van der Waals surface area contributed by atoms with Crippen molar-refractivity contribution in [2.24, 2.45) is 0 Å². The van der Waals surface area contributed by atoms with Crippen molar-refractivity contribution in [3.8, 4) is 0 Å². The molecule has 1 aromatic heterocycles. The highest BCUT2D eigenvalue weighted by molar-refractivity contribution is 6.36. The zero-order chi connectivity index (χ0) is 19.7. The average Bonchev–Trinajstić information content (AvgIpc) is 2.99. The minimum atomic E-state index is -0.797. The molecule has 0 aliphatic carbocycles.